The van der Waals surface area contributed by atoms with E-state index >= 15 is 0 Å². The maximum Gasteiger partial charge on any atom is 0.152 e. The van der Waals surface area contributed by atoms with Crippen molar-refractivity contribution < 1.29 is 4.74 Å². The second kappa shape index (κ2) is 8.73. The van der Waals surface area contributed by atoms with Gasteiger partial charge in [0, 0.05) is 16.3 Å². The molecular weight excluding hydrogens is 488 g/mol. The van der Waals surface area contributed by atoms with Gasteiger partial charge in [0.25, 0.3) is 0 Å². The van der Waals surface area contributed by atoms with E-state index in [1.807, 2.05) is 48.5 Å². The predicted octanol–water partition coefficient (Wildman–Crippen LogP) is 9.76. The SMILES string of the molecule is N#Cc1ccc(-c2ccccc2)cc1-c1cccc(-c2ccc3c(c2)c2cccc4c2n3-c2ccccc2O4)c1. The average Bonchev–Trinajstić information content (AvgIpc) is 3.36. The quantitative estimate of drug-likeness (QED) is 0.237. The molecule has 6 aromatic carbocycles. The summed E-state index contributed by atoms with van der Waals surface area (Å²) in [5.41, 5.74) is 10.4. The molecule has 0 unspecified atom stereocenters. The van der Waals surface area contributed by atoms with Gasteiger partial charge in [-0.3, -0.25) is 0 Å². The van der Waals surface area contributed by atoms with E-state index < -0.39 is 0 Å². The first-order valence-electron chi connectivity index (χ1n) is 13.3. The number of rotatable bonds is 3. The summed E-state index contributed by atoms with van der Waals surface area (Å²) in [6.07, 6.45) is 0. The number of ether oxygens (including phenoxy) is 1. The van der Waals surface area contributed by atoms with Gasteiger partial charge in [0.15, 0.2) is 11.5 Å². The van der Waals surface area contributed by atoms with Crippen LogP contribution in [0.4, 0.5) is 0 Å². The van der Waals surface area contributed by atoms with Gasteiger partial charge >= 0.3 is 0 Å². The summed E-state index contributed by atoms with van der Waals surface area (Å²) in [4.78, 5) is 0. The molecule has 7 aromatic rings. The van der Waals surface area contributed by atoms with Crippen molar-refractivity contribution >= 4 is 21.8 Å². The Hall–Kier alpha value is -5.59. The highest BCUT2D eigenvalue weighted by Crippen LogP contribution is 2.45. The van der Waals surface area contributed by atoms with Crippen LogP contribution in [0.3, 0.4) is 0 Å². The minimum absolute atomic E-state index is 0.667. The third-order valence-electron chi connectivity index (χ3n) is 7.83. The lowest BCUT2D eigenvalue weighted by atomic mass is 9.93. The van der Waals surface area contributed by atoms with Crippen LogP contribution in [0, 0.1) is 11.3 Å². The van der Waals surface area contributed by atoms with Crippen molar-refractivity contribution in [2.45, 2.75) is 0 Å². The molecular formula is C37H22N2O. The first-order valence-corrected chi connectivity index (χ1v) is 13.3. The Kier molecular flexibility index (Phi) is 4.89. The summed E-state index contributed by atoms with van der Waals surface area (Å²) in [6, 6.07) is 48.4. The monoisotopic (exact) mass is 510 g/mol. The van der Waals surface area contributed by atoms with Gasteiger partial charge in [-0.1, -0.05) is 84.9 Å². The first-order chi connectivity index (χ1) is 19.8. The second-order valence-corrected chi connectivity index (χ2v) is 10.1. The standard InChI is InChI=1S/C37H22N2O/c38-23-29-17-16-26(24-8-2-1-3-9-24)21-31(29)28-11-6-10-25(20-28)27-18-19-33-32(22-27)30-12-7-15-36-37(30)39(33)34-13-4-5-14-35(34)40-36/h1-22H. The van der Waals surface area contributed by atoms with Crippen molar-refractivity contribution in [1.29, 1.82) is 5.26 Å². The Morgan fingerprint density at radius 2 is 1.23 bits per heavy atom. The molecule has 40 heavy (non-hydrogen) atoms. The van der Waals surface area contributed by atoms with Gasteiger partial charge in [0.1, 0.15) is 0 Å². The number of benzene rings is 6. The lowest BCUT2D eigenvalue weighted by molar-refractivity contribution is 0.476. The maximum absolute atomic E-state index is 9.91. The van der Waals surface area contributed by atoms with Gasteiger partial charge in [-0.2, -0.15) is 5.26 Å². The van der Waals surface area contributed by atoms with E-state index in [-0.39, 0.29) is 0 Å². The Morgan fingerprint density at radius 3 is 2.12 bits per heavy atom. The Bertz CT molecular complexity index is 2150. The van der Waals surface area contributed by atoms with Crippen LogP contribution < -0.4 is 4.74 Å². The number of aromatic nitrogens is 1. The fourth-order valence-corrected chi connectivity index (χ4v) is 5.95. The molecule has 0 saturated heterocycles. The second-order valence-electron chi connectivity index (χ2n) is 10.1. The van der Waals surface area contributed by atoms with Crippen LogP contribution in [0.2, 0.25) is 0 Å². The summed E-state index contributed by atoms with van der Waals surface area (Å²) in [6.45, 7) is 0. The van der Waals surface area contributed by atoms with Gasteiger partial charge in [0.05, 0.1) is 28.4 Å². The molecule has 1 aliphatic heterocycles. The van der Waals surface area contributed by atoms with Crippen LogP contribution in [0.25, 0.3) is 60.9 Å². The van der Waals surface area contributed by atoms with Gasteiger partial charge < -0.3 is 9.30 Å². The molecule has 3 nitrogen and oxygen atoms in total. The zero-order valence-electron chi connectivity index (χ0n) is 21.5. The molecule has 1 aliphatic rings. The van der Waals surface area contributed by atoms with Crippen LogP contribution >= 0.6 is 0 Å². The van der Waals surface area contributed by atoms with E-state index in [1.165, 1.54) is 10.8 Å². The molecule has 1 aromatic heterocycles. The van der Waals surface area contributed by atoms with Crippen molar-refractivity contribution in [3.8, 4) is 56.6 Å². The molecule has 0 amide bonds. The van der Waals surface area contributed by atoms with Crippen molar-refractivity contribution in [3.05, 3.63) is 139 Å². The minimum Gasteiger partial charge on any atom is -0.453 e. The van der Waals surface area contributed by atoms with E-state index in [0.717, 1.165) is 61.6 Å². The lowest BCUT2D eigenvalue weighted by Gasteiger charge is -2.20. The smallest absolute Gasteiger partial charge is 0.152 e. The average molecular weight is 511 g/mol. The zero-order chi connectivity index (χ0) is 26.6. The Morgan fingerprint density at radius 1 is 0.525 bits per heavy atom. The van der Waals surface area contributed by atoms with Crippen molar-refractivity contribution in [2.24, 2.45) is 0 Å². The number of nitrogens with zero attached hydrogens (tertiary/aromatic N) is 2. The van der Waals surface area contributed by atoms with Crippen molar-refractivity contribution in [3.63, 3.8) is 0 Å². The van der Waals surface area contributed by atoms with Gasteiger partial charge in [-0.15, -0.1) is 0 Å². The number of hydrogen-bond donors (Lipinski definition) is 0. The molecule has 0 radical (unpaired) electrons. The zero-order valence-corrected chi connectivity index (χ0v) is 21.5. The molecule has 8 rings (SSSR count). The minimum atomic E-state index is 0.667. The first kappa shape index (κ1) is 22.4. The van der Waals surface area contributed by atoms with Crippen LogP contribution in [-0.2, 0) is 0 Å². The van der Waals surface area contributed by atoms with Crippen LogP contribution in [0.15, 0.2) is 133 Å². The maximum atomic E-state index is 9.91. The number of fused-ring (bicyclic) bond motifs is 5. The summed E-state index contributed by atoms with van der Waals surface area (Å²) < 4.78 is 8.59. The molecule has 0 saturated carbocycles. The van der Waals surface area contributed by atoms with Crippen molar-refractivity contribution in [1.82, 2.24) is 4.57 Å². The van der Waals surface area contributed by atoms with Crippen molar-refractivity contribution in [2.75, 3.05) is 0 Å². The van der Waals surface area contributed by atoms with Crippen LogP contribution in [-0.4, -0.2) is 4.57 Å². The highest BCUT2D eigenvalue weighted by atomic mass is 16.5. The van der Waals surface area contributed by atoms with Gasteiger partial charge in [0.2, 0.25) is 0 Å². The van der Waals surface area contributed by atoms with E-state index in [4.69, 9.17) is 4.74 Å². The summed E-state index contributed by atoms with van der Waals surface area (Å²) >= 11 is 0. The highest BCUT2D eigenvalue weighted by molar-refractivity contribution is 6.13. The molecule has 0 N–H and O–H groups in total. The third kappa shape index (κ3) is 3.37. The molecule has 2 heterocycles. The van der Waals surface area contributed by atoms with Crippen LogP contribution in [0.1, 0.15) is 5.56 Å². The number of para-hydroxylation sites is 3. The summed E-state index contributed by atoms with van der Waals surface area (Å²) in [7, 11) is 0. The third-order valence-corrected chi connectivity index (χ3v) is 7.83. The molecule has 186 valence electrons. The molecule has 0 fully saturated rings. The number of nitriles is 1. The van der Waals surface area contributed by atoms with Gasteiger partial charge in [-0.25, -0.2) is 0 Å². The highest BCUT2D eigenvalue weighted by Gasteiger charge is 2.23. The molecule has 0 aliphatic carbocycles. The van der Waals surface area contributed by atoms with E-state index in [1.54, 1.807) is 0 Å². The van der Waals surface area contributed by atoms with Crippen LogP contribution in [0.5, 0.6) is 11.5 Å². The van der Waals surface area contributed by atoms with E-state index in [9.17, 15) is 5.26 Å². The van der Waals surface area contributed by atoms with E-state index in [0.29, 0.717) is 5.56 Å². The normalized spacial score (nSPS) is 11.7. The Labute approximate surface area is 231 Å². The van der Waals surface area contributed by atoms with E-state index in [2.05, 4.69) is 95.6 Å². The molecule has 0 spiro atoms. The fourth-order valence-electron chi connectivity index (χ4n) is 5.95. The molecule has 0 atom stereocenters. The molecule has 0 bridgehead atoms. The Balaban J connectivity index is 1.29. The fraction of sp³-hybridized carbons (Fsp3) is 0. The topological polar surface area (TPSA) is 38.0 Å². The number of hydrogen-bond acceptors (Lipinski definition) is 2. The van der Waals surface area contributed by atoms with Gasteiger partial charge in [-0.05, 0) is 76.3 Å². The summed E-state index contributed by atoms with van der Waals surface area (Å²) in [5.74, 6) is 1.74. The predicted molar refractivity (Wildman–Crippen MR) is 162 cm³/mol. The lowest BCUT2D eigenvalue weighted by Crippen LogP contribution is -2.03. The largest absolute Gasteiger partial charge is 0.453 e. The summed E-state index contributed by atoms with van der Waals surface area (Å²) in [5, 5.41) is 12.3. The molecule has 3 heteroatoms.